The molecular formula is C15H17N3O2. The summed E-state index contributed by atoms with van der Waals surface area (Å²) >= 11 is 0. The molecule has 1 aliphatic heterocycles. The minimum atomic E-state index is -0.916. The molecule has 2 heterocycles. The Bertz CT molecular complexity index is 658. The van der Waals surface area contributed by atoms with Gasteiger partial charge in [-0.15, -0.1) is 0 Å². The van der Waals surface area contributed by atoms with E-state index in [1.54, 1.807) is 13.1 Å². The van der Waals surface area contributed by atoms with Gasteiger partial charge in [-0.1, -0.05) is 18.2 Å². The maximum Gasteiger partial charge on any atom is 0.329 e. The second kappa shape index (κ2) is 4.74. The van der Waals surface area contributed by atoms with Gasteiger partial charge in [-0.05, 0) is 32.3 Å². The van der Waals surface area contributed by atoms with Crippen LogP contribution in [0.15, 0.2) is 30.5 Å². The third-order valence-corrected chi connectivity index (χ3v) is 4.07. The molecule has 0 amide bonds. The summed E-state index contributed by atoms with van der Waals surface area (Å²) in [6, 6.07) is 7.73. The molecule has 1 saturated heterocycles. The number of benzene rings is 1. The largest absolute Gasteiger partial charge is 0.480 e. The predicted molar refractivity (Wildman–Crippen MR) is 76.8 cm³/mol. The van der Waals surface area contributed by atoms with Gasteiger partial charge in [0.05, 0.1) is 5.52 Å². The lowest BCUT2D eigenvalue weighted by Gasteiger charge is -2.41. The van der Waals surface area contributed by atoms with E-state index < -0.39 is 11.5 Å². The van der Waals surface area contributed by atoms with E-state index in [4.69, 9.17) is 0 Å². The molecule has 0 radical (unpaired) electrons. The Labute approximate surface area is 117 Å². The molecular weight excluding hydrogens is 254 g/mol. The van der Waals surface area contributed by atoms with Gasteiger partial charge in [0, 0.05) is 18.1 Å². The average Bonchev–Trinajstić information content (AvgIpc) is 2.47. The second-order valence-corrected chi connectivity index (χ2v) is 5.42. The molecule has 1 aromatic carbocycles. The van der Waals surface area contributed by atoms with Gasteiger partial charge in [0.15, 0.2) is 0 Å². The quantitative estimate of drug-likeness (QED) is 0.908. The lowest BCUT2D eigenvalue weighted by atomic mass is 9.89. The Kier molecular flexibility index (Phi) is 3.04. The summed E-state index contributed by atoms with van der Waals surface area (Å²) in [4.78, 5) is 22.3. The van der Waals surface area contributed by atoms with E-state index in [1.807, 2.05) is 29.2 Å². The smallest absolute Gasteiger partial charge is 0.329 e. The molecule has 3 rings (SSSR count). The molecule has 1 N–H and O–H groups in total. The van der Waals surface area contributed by atoms with Gasteiger partial charge in [0.1, 0.15) is 5.54 Å². The summed E-state index contributed by atoms with van der Waals surface area (Å²) in [7, 11) is 0. The lowest BCUT2D eigenvalue weighted by Crippen LogP contribution is -2.56. The number of hydrogen-bond donors (Lipinski definition) is 1. The number of nitrogens with zero attached hydrogens (tertiary/aromatic N) is 3. The Balaban J connectivity index is 2.06. The zero-order valence-electron chi connectivity index (χ0n) is 11.4. The number of rotatable bonds is 2. The van der Waals surface area contributed by atoms with Crippen LogP contribution in [0.4, 0.5) is 5.95 Å². The summed E-state index contributed by atoms with van der Waals surface area (Å²) in [5.41, 5.74) is -0.0726. The van der Waals surface area contributed by atoms with Crippen LogP contribution in [0.5, 0.6) is 0 Å². The number of piperidine rings is 1. The van der Waals surface area contributed by atoms with E-state index in [0.717, 1.165) is 23.7 Å². The molecule has 1 unspecified atom stereocenters. The van der Waals surface area contributed by atoms with Crippen LogP contribution in [0, 0.1) is 0 Å². The van der Waals surface area contributed by atoms with E-state index >= 15 is 0 Å². The Morgan fingerprint density at radius 1 is 1.35 bits per heavy atom. The third kappa shape index (κ3) is 1.99. The molecule has 1 atom stereocenters. The van der Waals surface area contributed by atoms with Gasteiger partial charge in [0.2, 0.25) is 5.95 Å². The summed E-state index contributed by atoms with van der Waals surface area (Å²) in [6.07, 6.45) is 4.28. The van der Waals surface area contributed by atoms with E-state index in [1.165, 1.54) is 0 Å². The molecule has 0 aliphatic carbocycles. The maximum absolute atomic E-state index is 11.6. The molecule has 0 bridgehead atoms. The monoisotopic (exact) mass is 271 g/mol. The average molecular weight is 271 g/mol. The highest BCUT2D eigenvalue weighted by molar-refractivity contribution is 5.84. The fourth-order valence-electron chi connectivity index (χ4n) is 2.76. The van der Waals surface area contributed by atoms with Crippen molar-refractivity contribution in [3.05, 3.63) is 30.5 Å². The van der Waals surface area contributed by atoms with Crippen LogP contribution in [-0.4, -0.2) is 33.1 Å². The molecule has 1 aliphatic rings. The van der Waals surface area contributed by atoms with E-state index in [-0.39, 0.29) is 0 Å². The van der Waals surface area contributed by atoms with Crippen LogP contribution in [0.25, 0.3) is 10.9 Å². The van der Waals surface area contributed by atoms with Crippen LogP contribution in [0.3, 0.4) is 0 Å². The third-order valence-electron chi connectivity index (χ3n) is 4.07. The molecule has 1 fully saturated rings. The van der Waals surface area contributed by atoms with Gasteiger partial charge < -0.3 is 10.0 Å². The number of carboxylic acids is 1. The van der Waals surface area contributed by atoms with E-state index in [9.17, 15) is 9.90 Å². The topological polar surface area (TPSA) is 66.3 Å². The maximum atomic E-state index is 11.6. The molecule has 20 heavy (non-hydrogen) atoms. The van der Waals surface area contributed by atoms with Crippen molar-refractivity contribution in [3.63, 3.8) is 0 Å². The van der Waals surface area contributed by atoms with Gasteiger partial charge in [-0.3, -0.25) is 0 Å². The zero-order valence-corrected chi connectivity index (χ0v) is 11.4. The van der Waals surface area contributed by atoms with Crippen molar-refractivity contribution in [3.8, 4) is 0 Å². The van der Waals surface area contributed by atoms with Crippen molar-refractivity contribution in [1.29, 1.82) is 0 Å². The van der Waals surface area contributed by atoms with Gasteiger partial charge in [0.25, 0.3) is 0 Å². The minimum absolute atomic E-state index is 0.508. The van der Waals surface area contributed by atoms with Crippen LogP contribution < -0.4 is 4.90 Å². The summed E-state index contributed by atoms with van der Waals surface area (Å²) in [6.45, 7) is 2.44. The number of para-hydroxylation sites is 1. The number of anilines is 1. The van der Waals surface area contributed by atoms with Crippen LogP contribution in [0.1, 0.15) is 26.2 Å². The minimum Gasteiger partial charge on any atom is -0.480 e. The predicted octanol–water partition coefficient (Wildman–Crippen LogP) is 2.46. The number of carbonyl (C=O) groups is 1. The van der Waals surface area contributed by atoms with Crippen molar-refractivity contribution < 1.29 is 9.90 Å². The van der Waals surface area contributed by atoms with Gasteiger partial charge >= 0.3 is 5.97 Å². The zero-order chi connectivity index (χ0) is 14.2. The Hall–Kier alpha value is -2.17. The van der Waals surface area contributed by atoms with Crippen LogP contribution >= 0.6 is 0 Å². The normalized spacial score (nSPS) is 22.9. The first-order valence-corrected chi connectivity index (χ1v) is 6.84. The molecule has 5 heteroatoms. The van der Waals surface area contributed by atoms with E-state index in [2.05, 4.69) is 9.97 Å². The highest BCUT2D eigenvalue weighted by Gasteiger charge is 2.42. The Morgan fingerprint density at radius 2 is 2.15 bits per heavy atom. The van der Waals surface area contributed by atoms with Crippen molar-refractivity contribution in [2.24, 2.45) is 0 Å². The first-order chi connectivity index (χ1) is 9.61. The van der Waals surface area contributed by atoms with Crippen molar-refractivity contribution in [1.82, 2.24) is 9.97 Å². The molecule has 2 aromatic rings. The summed E-state index contributed by atoms with van der Waals surface area (Å²) in [5, 5.41) is 10.5. The van der Waals surface area contributed by atoms with Gasteiger partial charge in [-0.25, -0.2) is 14.8 Å². The van der Waals surface area contributed by atoms with Crippen molar-refractivity contribution in [2.75, 3.05) is 11.4 Å². The van der Waals surface area contributed by atoms with Crippen LogP contribution in [0.2, 0.25) is 0 Å². The standard InChI is InChI=1S/C15H17N3O2/c1-15(13(19)20)8-4-5-9-18(15)14-16-10-11-6-2-3-7-12(11)17-14/h2-3,6-7,10H,4-5,8-9H2,1H3,(H,19,20). The van der Waals surface area contributed by atoms with Crippen molar-refractivity contribution in [2.45, 2.75) is 31.7 Å². The molecule has 5 nitrogen and oxygen atoms in total. The molecule has 104 valence electrons. The SMILES string of the molecule is CC1(C(=O)O)CCCCN1c1ncc2ccccc2n1. The number of carboxylic acid groups (broad SMARTS) is 1. The molecule has 0 saturated carbocycles. The van der Waals surface area contributed by atoms with Crippen molar-refractivity contribution >= 4 is 22.8 Å². The molecule has 0 spiro atoms. The first-order valence-electron chi connectivity index (χ1n) is 6.84. The van der Waals surface area contributed by atoms with Crippen LogP contribution in [-0.2, 0) is 4.79 Å². The van der Waals surface area contributed by atoms with Gasteiger partial charge in [-0.2, -0.15) is 0 Å². The number of aliphatic carboxylic acids is 1. The number of aromatic nitrogens is 2. The fourth-order valence-corrected chi connectivity index (χ4v) is 2.76. The Morgan fingerprint density at radius 3 is 2.95 bits per heavy atom. The van der Waals surface area contributed by atoms with E-state index in [0.29, 0.717) is 18.9 Å². The first kappa shape index (κ1) is 12.8. The summed E-state index contributed by atoms with van der Waals surface area (Å²) < 4.78 is 0. The summed E-state index contributed by atoms with van der Waals surface area (Å²) in [5.74, 6) is -0.303. The fraction of sp³-hybridized carbons (Fsp3) is 0.400. The highest BCUT2D eigenvalue weighted by Crippen LogP contribution is 2.31. The number of hydrogen-bond acceptors (Lipinski definition) is 4. The lowest BCUT2D eigenvalue weighted by molar-refractivity contribution is -0.143. The molecule has 1 aromatic heterocycles. The highest BCUT2D eigenvalue weighted by atomic mass is 16.4. The number of fused-ring (bicyclic) bond motifs is 1. The second-order valence-electron chi connectivity index (χ2n) is 5.42.